The molecule has 0 fully saturated rings. The second-order valence-electron chi connectivity index (χ2n) is 11.4. The molecule has 0 aromatic heterocycles. The van der Waals surface area contributed by atoms with Crippen molar-refractivity contribution in [1.82, 2.24) is 0 Å². The van der Waals surface area contributed by atoms with Gasteiger partial charge in [0, 0.05) is 28.2 Å². The Morgan fingerprint density at radius 1 is 0.468 bits per heavy atom. The Morgan fingerprint density at radius 3 is 1.70 bits per heavy atom. The van der Waals surface area contributed by atoms with Crippen LogP contribution in [0.4, 0.5) is 39.8 Å². The van der Waals surface area contributed by atoms with Crippen molar-refractivity contribution < 1.29 is 0 Å². The van der Waals surface area contributed by atoms with Gasteiger partial charge in [0.15, 0.2) is 0 Å². The lowest BCUT2D eigenvalue weighted by molar-refractivity contribution is 1.28. The summed E-state index contributed by atoms with van der Waals surface area (Å²) in [4.78, 5) is 16.4. The highest BCUT2D eigenvalue weighted by molar-refractivity contribution is 6.35. The normalized spacial score (nSPS) is 11.6. The van der Waals surface area contributed by atoms with Crippen LogP contribution in [0.5, 0.6) is 0 Å². The van der Waals surface area contributed by atoms with E-state index in [1.807, 2.05) is 48.5 Å². The van der Waals surface area contributed by atoms with Crippen LogP contribution in [0.1, 0.15) is 0 Å². The van der Waals surface area contributed by atoms with Gasteiger partial charge in [0.1, 0.15) is 5.69 Å². The van der Waals surface area contributed by atoms with Crippen LogP contribution in [-0.2, 0) is 0 Å². The van der Waals surface area contributed by atoms with Crippen molar-refractivity contribution in [1.29, 1.82) is 0 Å². The molecule has 0 aliphatic carbocycles. The first-order chi connectivity index (χ1) is 23.2. The molecule has 0 atom stereocenters. The molecule has 7 aromatic rings. The summed E-state index contributed by atoms with van der Waals surface area (Å²) in [5.74, 6) is 0. The van der Waals surface area contributed by atoms with Gasteiger partial charge in [-0.05, 0) is 94.2 Å². The van der Waals surface area contributed by atoms with E-state index in [4.69, 9.17) is 11.6 Å². The fourth-order valence-electron chi connectivity index (χ4n) is 6.54. The Labute approximate surface area is 278 Å². The molecule has 0 saturated carbocycles. The van der Waals surface area contributed by atoms with Crippen molar-refractivity contribution in [3.63, 3.8) is 0 Å². The van der Waals surface area contributed by atoms with Crippen LogP contribution in [0.15, 0.2) is 175 Å². The van der Waals surface area contributed by atoms with Crippen molar-refractivity contribution in [2.45, 2.75) is 0 Å². The lowest BCUT2D eigenvalue weighted by atomic mass is 9.92. The van der Waals surface area contributed by atoms with Crippen LogP contribution in [0, 0.1) is 4.91 Å². The van der Waals surface area contributed by atoms with Crippen LogP contribution in [0.2, 0.25) is 5.02 Å². The Kier molecular flexibility index (Phi) is 7.33. The number of fused-ring (bicyclic) bond motifs is 5. The lowest BCUT2D eigenvalue weighted by Gasteiger charge is -2.29. The number of nitrogens with zero attached hydrogens (tertiary/aromatic N) is 3. The molecule has 0 N–H and O–H groups in total. The summed E-state index contributed by atoms with van der Waals surface area (Å²) in [5.41, 5.74) is 12.3. The molecule has 5 heteroatoms. The van der Waals surface area contributed by atoms with E-state index in [-0.39, 0.29) is 0 Å². The molecule has 224 valence electrons. The van der Waals surface area contributed by atoms with Crippen LogP contribution >= 0.6 is 11.6 Å². The van der Waals surface area contributed by atoms with Crippen molar-refractivity contribution in [2.24, 2.45) is 5.18 Å². The quantitative estimate of drug-likeness (QED) is 0.172. The molecule has 1 heterocycles. The minimum Gasteiger partial charge on any atom is -0.311 e. The fraction of sp³-hybridized carbons (Fsp3) is 0. The molecule has 47 heavy (non-hydrogen) atoms. The zero-order valence-corrected chi connectivity index (χ0v) is 26.0. The third-order valence-electron chi connectivity index (χ3n) is 8.66. The van der Waals surface area contributed by atoms with E-state index in [1.165, 1.54) is 0 Å². The van der Waals surface area contributed by atoms with E-state index >= 15 is 0 Å². The molecule has 0 saturated heterocycles. The number of anilines is 6. The van der Waals surface area contributed by atoms with Gasteiger partial charge in [0.25, 0.3) is 0 Å². The molecule has 1 aliphatic heterocycles. The van der Waals surface area contributed by atoms with Gasteiger partial charge in [-0.15, -0.1) is 4.91 Å². The topological polar surface area (TPSA) is 35.9 Å². The van der Waals surface area contributed by atoms with Gasteiger partial charge >= 0.3 is 0 Å². The highest BCUT2D eigenvalue weighted by atomic mass is 35.5. The highest BCUT2D eigenvalue weighted by Gasteiger charge is 2.29. The summed E-state index contributed by atoms with van der Waals surface area (Å²) < 4.78 is 0. The number of hydrogen-bond acceptors (Lipinski definition) is 4. The van der Waals surface area contributed by atoms with Gasteiger partial charge in [-0.25, -0.2) is 0 Å². The molecular weight excluding hydrogens is 598 g/mol. The van der Waals surface area contributed by atoms with E-state index in [9.17, 15) is 4.91 Å². The van der Waals surface area contributed by atoms with E-state index < -0.39 is 0 Å². The van der Waals surface area contributed by atoms with Gasteiger partial charge < -0.3 is 9.80 Å². The predicted octanol–water partition coefficient (Wildman–Crippen LogP) is 13.0. The first-order valence-electron chi connectivity index (χ1n) is 15.5. The molecule has 0 spiro atoms. The van der Waals surface area contributed by atoms with E-state index in [1.54, 1.807) is 6.07 Å². The zero-order valence-electron chi connectivity index (χ0n) is 25.3. The molecule has 1 aliphatic rings. The Morgan fingerprint density at radius 2 is 1.02 bits per heavy atom. The Hall–Kier alpha value is -5.97. The first-order valence-corrected chi connectivity index (χ1v) is 15.8. The van der Waals surface area contributed by atoms with Crippen LogP contribution in [0.25, 0.3) is 33.4 Å². The van der Waals surface area contributed by atoms with Gasteiger partial charge in [-0.2, -0.15) is 0 Å². The molecule has 7 aromatic carbocycles. The third kappa shape index (κ3) is 5.05. The Bertz CT molecular complexity index is 2190. The second-order valence-corrected chi connectivity index (χ2v) is 11.8. The highest BCUT2D eigenvalue weighted by Crippen LogP contribution is 2.55. The number of para-hydroxylation sites is 4. The summed E-state index contributed by atoms with van der Waals surface area (Å²) in [6.07, 6.45) is 0. The van der Waals surface area contributed by atoms with Crippen LogP contribution < -0.4 is 9.80 Å². The SMILES string of the molecule is O=Nc1ccccc1N1c2ccc(-c3ccc(N(c4ccccc4)c4ccccc4)cc3)cc2-c2ccccc2-c2cccc(Cl)c21. The van der Waals surface area contributed by atoms with E-state index in [0.717, 1.165) is 61.8 Å². The zero-order chi connectivity index (χ0) is 31.7. The molecule has 0 radical (unpaired) electrons. The first kappa shape index (κ1) is 28.5. The van der Waals surface area contributed by atoms with Crippen LogP contribution in [-0.4, -0.2) is 0 Å². The molecule has 0 amide bonds. The Balaban J connectivity index is 1.29. The fourth-order valence-corrected chi connectivity index (χ4v) is 6.80. The molecule has 0 unspecified atom stereocenters. The average molecular weight is 626 g/mol. The monoisotopic (exact) mass is 625 g/mol. The van der Waals surface area contributed by atoms with Crippen LogP contribution in [0.3, 0.4) is 0 Å². The maximum atomic E-state index is 12.1. The number of benzene rings is 7. The van der Waals surface area contributed by atoms with Crippen molar-refractivity contribution in [3.8, 4) is 33.4 Å². The van der Waals surface area contributed by atoms with E-state index in [2.05, 4.69) is 130 Å². The minimum absolute atomic E-state index is 0.344. The minimum atomic E-state index is 0.344. The summed E-state index contributed by atoms with van der Waals surface area (Å²) in [6, 6.07) is 57.7. The van der Waals surface area contributed by atoms with Crippen molar-refractivity contribution in [3.05, 3.63) is 180 Å². The number of rotatable bonds is 6. The number of nitroso groups, excluding NO2 is 1. The summed E-state index contributed by atoms with van der Waals surface area (Å²) in [7, 11) is 0. The van der Waals surface area contributed by atoms with Gasteiger partial charge in [0.05, 0.1) is 22.1 Å². The lowest BCUT2D eigenvalue weighted by Crippen LogP contribution is -2.12. The largest absolute Gasteiger partial charge is 0.311 e. The summed E-state index contributed by atoms with van der Waals surface area (Å²) in [5, 5.41) is 3.98. The molecule has 0 bridgehead atoms. The second kappa shape index (κ2) is 12.1. The van der Waals surface area contributed by atoms with E-state index in [0.29, 0.717) is 16.4 Å². The smallest absolute Gasteiger partial charge is 0.131 e. The predicted molar refractivity (Wildman–Crippen MR) is 196 cm³/mol. The molecule has 4 nitrogen and oxygen atoms in total. The average Bonchev–Trinajstić information content (AvgIpc) is 3.26. The standard InChI is InChI=1S/C42H28ClN3O/c43-38-19-11-18-36-34-16-7-8-17-35(34)37-28-30(24-27-40(37)46(42(36)38)41-21-10-9-20-39(41)44-47)29-22-25-33(26-23-29)45(31-12-3-1-4-13-31)32-14-5-2-6-15-32/h1-28H. The molecular formula is C42H28ClN3O. The van der Waals surface area contributed by atoms with Gasteiger partial charge in [-0.1, -0.05) is 115 Å². The summed E-state index contributed by atoms with van der Waals surface area (Å²) in [6.45, 7) is 0. The number of hydrogen-bond donors (Lipinski definition) is 0. The third-order valence-corrected chi connectivity index (χ3v) is 8.97. The van der Waals surface area contributed by atoms with Gasteiger partial charge in [-0.3, -0.25) is 0 Å². The van der Waals surface area contributed by atoms with Gasteiger partial charge in [0.2, 0.25) is 0 Å². The maximum absolute atomic E-state index is 12.1. The summed E-state index contributed by atoms with van der Waals surface area (Å²) >= 11 is 6.99. The van der Waals surface area contributed by atoms with Crippen molar-refractivity contribution in [2.75, 3.05) is 9.80 Å². The number of halogens is 1. The maximum Gasteiger partial charge on any atom is 0.131 e. The van der Waals surface area contributed by atoms with Crippen molar-refractivity contribution >= 4 is 51.4 Å². The molecule has 8 rings (SSSR count).